The van der Waals surface area contributed by atoms with Crippen molar-refractivity contribution in [3.8, 4) is 0 Å². The molecule has 6 nitrogen and oxygen atoms in total. The zero-order valence-corrected chi connectivity index (χ0v) is 11.2. The van der Waals surface area contributed by atoms with Gasteiger partial charge in [-0.05, 0) is 12.8 Å². The fourth-order valence-corrected chi connectivity index (χ4v) is 2.65. The van der Waals surface area contributed by atoms with Crippen LogP contribution in [-0.4, -0.2) is 59.7 Å². The number of piperazine rings is 1. The van der Waals surface area contributed by atoms with Crippen molar-refractivity contribution in [2.45, 2.75) is 18.9 Å². The number of hydrogen-bond acceptors (Lipinski definition) is 5. The lowest BCUT2D eigenvalue weighted by molar-refractivity contribution is -0.141. The Hall–Kier alpha value is -1.76. The number of hydrogen-bond donors (Lipinski definition) is 0. The van der Waals surface area contributed by atoms with Gasteiger partial charge in [0.1, 0.15) is 12.4 Å². The van der Waals surface area contributed by atoms with E-state index in [1.165, 1.54) is 6.33 Å². The summed E-state index contributed by atoms with van der Waals surface area (Å²) in [7, 11) is 0. The molecule has 3 rings (SSSR count). The van der Waals surface area contributed by atoms with Gasteiger partial charge in [0.2, 0.25) is 0 Å². The predicted molar refractivity (Wildman–Crippen MR) is 69.8 cm³/mol. The maximum absolute atomic E-state index is 13.6. The van der Waals surface area contributed by atoms with E-state index in [0.717, 1.165) is 19.0 Å². The SMILES string of the molecule is O=C(C1CCCO1)N1CCN(c2ncncc2F)CC1. The first kappa shape index (κ1) is 13.2. The number of carbonyl (C=O) groups is 1. The Balaban J connectivity index is 1.59. The number of nitrogens with zero attached hydrogens (tertiary/aromatic N) is 4. The number of amides is 1. The highest BCUT2D eigenvalue weighted by Crippen LogP contribution is 2.19. The summed E-state index contributed by atoms with van der Waals surface area (Å²) in [6.45, 7) is 2.96. The van der Waals surface area contributed by atoms with Gasteiger partial charge in [0.15, 0.2) is 11.6 Å². The van der Waals surface area contributed by atoms with Crippen molar-refractivity contribution in [1.29, 1.82) is 0 Å². The molecule has 0 saturated carbocycles. The molecule has 1 amide bonds. The van der Waals surface area contributed by atoms with E-state index in [1.807, 2.05) is 4.90 Å². The van der Waals surface area contributed by atoms with Gasteiger partial charge in [0.05, 0.1) is 6.20 Å². The predicted octanol–water partition coefficient (Wildman–Crippen LogP) is 0.443. The molecular weight excluding hydrogens is 263 g/mol. The highest BCUT2D eigenvalue weighted by molar-refractivity contribution is 5.81. The van der Waals surface area contributed by atoms with Crippen LogP contribution >= 0.6 is 0 Å². The average Bonchev–Trinajstić information content (AvgIpc) is 3.01. The summed E-state index contributed by atoms with van der Waals surface area (Å²) in [6, 6.07) is 0. The minimum atomic E-state index is -0.425. The van der Waals surface area contributed by atoms with Crippen molar-refractivity contribution >= 4 is 11.7 Å². The molecule has 1 aromatic heterocycles. The molecule has 108 valence electrons. The lowest BCUT2D eigenvalue weighted by Gasteiger charge is -2.36. The number of anilines is 1. The summed E-state index contributed by atoms with van der Waals surface area (Å²) >= 11 is 0. The molecule has 0 aliphatic carbocycles. The Morgan fingerprint density at radius 1 is 1.35 bits per heavy atom. The first-order valence-corrected chi connectivity index (χ1v) is 6.86. The van der Waals surface area contributed by atoms with E-state index in [2.05, 4.69) is 9.97 Å². The Bertz CT molecular complexity index is 485. The van der Waals surface area contributed by atoms with E-state index >= 15 is 0 Å². The summed E-state index contributed by atoms with van der Waals surface area (Å²) in [5.74, 6) is -0.0547. The second kappa shape index (κ2) is 5.70. The van der Waals surface area contributed by atoms with Crippen LogP contribution in [0.5, 0.6) is 0 Å². The van der Waals surface area contributed by atoms with Crippen LogP contribution in [0.4, 0.5) is 10.2 Å². The van der Waals surface area contributed by atoms with Gasteiger partial charge in [-0.1, -0.05) is 0 Å². The van der Waals surface area contributed by atoms with Gasteiger partial charge in [-0.25, -0.2) is 14.4 Å². The molecule has 2 fully saturated rings. The highest BCUT2D eigenvalue weighted by Gasteiger charge is 2.30. The Morgan fingerprint density at radius 2 is 2.15 bits per heavy atom. The van der Waals surface area contributed by atoms with Crippen LogP contribution in [0.25, 0.3) is 0 Å². The summed E-state index contributed by atoms with van der Waals surface area (Å²) < 4.78 is 19.0. The molecule has 0 spiro atoms. The van der Waals surface area contributed by atoms with Gasteiger partial charge in [-0.2, -0.15) is 0 Å². The molecule has 20 heavy (non-hydrogen) atoms. The minimum Gasteiger partial charge on any atom is -0.368 e. The molecule has 2 aliphatic heterocycles. The van der Waals surface area contributed by atoms with Crippen molar-refractivity contribution in [3.05, 3.63) is 18.3 Å². The Morgan fingerprint density at radius 3 is 2.80 bits per heavy atom. The maximum Gasteiger partial charge on any atom is 0.251 e. The molecule has 7 heteroatoms. The second-order valence-electron chi connectivity index (χ2n) is 5.01. The standard InChI is InChI=1S/C13H17FN4O2/c14-10-8-15-9-16-12(10)17-3-5-18(6-4-17)13(19)11-2-1-7-20-11/h8-9,11H,1-7H2. The van der Waals surface area contributed by atoms with Gasteiger partial charge in [0, 0.05) is 32.8 Å². The zero-order valence-electron chi connectivity index (χ0n) is 11.2. The molecule has 0 bridgehead atoms. The zero-order chi connectivity index (χ0) is 13.9. The number of ether oxygens (including phenoxy) is 1. The van der Waals surface area contributed by atoms with Crippen LogP contribution in [0, 0.1) is 5.82 Å². The van der Waals surface area contributed by atoms with Gasteiger partial charge in [0.25, 0.3) is 5.91 Å². The summed E-state index contributed by atoms with van der Waals surface area (Å²) in [4.78, 5) is 23.4. The summed E-state index contributed by atoms with van der Waals surface area (Å²) in [5, 5.41) is 0. The molecule has 0 radical (unpaired) electrons. The Kier molecular flexibility index (Phi) is 3.77. The van der Waals surface area contributed by atoms with Crippen LogP contribution in [-0.2, 0) is 9.53 Å². The molecule has 0 aromatic carbocycles. The minimum absolute atomic E-state index is 0.0605. The van der Waals surface area contributed by atoms with E-state index in [-0.39, 0.29) is 12.0 Å². The van der Waals surface area contributed by atoms with Crippen molar-refractivity contribution in [1.82, 2.24) is 14.9 Å². The third-order valence-electron chi connectivity index (χ3n) is 3.74. The Labute approximate surface area is 116 Å². The van der Waals surface area contributed by atoms with Crippen molar-refractivity contribution in [2.75, 3.05) is 37.7 Å². The normalized spacial score (nSPS) is 23.1. The molecule has 1 unspecified atom stereocenters. The molecule has 2 aliphatic rings. The molecule has 1 aromatic rings. The average molecular weight is 280 g/mol. The molecule has 2 saturated heterocycles. The lowest BCUT2D eigenvalue weighted by atomic mass is 10.2. The van der Waals surface area contributed by atoms with E-state index in [0.29, 0.717) is 38.6 Å². The first-order valence-electron chi connectivity index (χ1n) is 6.86. The van der Waals surface area contributed by atoms with Gasteiger partial charge in [-0.3, -0.25) is 4.79 Å². The van der Waals surface area contributed by atoms with Gasteiger partial charge in [-0.15, -0.1) is 0 Å². The van der Waals surface area contributed by atoms with Crippen LogP contribution in [0.15, 0.2) is 12.5 Å². The fourth-order valence-electron chi connectivity index (χ4n) is 2.65. The molecular formula is C13H17FN4O2. The van der Waals surface area contributed by atoms with E-state index in [4.69, 9.17) is 4.74 Å². The van der Waals surface area contributed by atoms with E-state index in [9.17, 15) is 9.18 Å². The van der Waals surface area contributed by atoms with Crippen molar-refractivity contribution in [2.24, 2.45) is 0 Å². The van der Waals surface area contributed by atoms with Crippen LogP contribution in [0.1, 0.15) is 12.8 Å². The van der Waals surface area contributed by atoms with Gasteiger partial charge >= 0.3 is 0 Å². The van der Waals surface area contributed by atoms with Crippen molar-refractivity contribution in [3.63, 3.8) is 0 Å². The van der Waals surface area contributed by atoms with Crippen molar-refractivity contribution < 1.29 is 13.9 Å². The molecule has 3 heterocycles. The highest BCUT2D eigenvalue weighted by atomic mass is 19.1. The van der Waals surface area contributed by atoms with E-state index < -0.39 is 5.82 Å². The molecule has 1 atom stereocenters. The maximum atomic E-state index is 13.6. The monoisotopic (exact) mass is 280 g/mol. The number of aromatic nitrogens is 2. The van der Waals surface area contributed by atoms with Gasteiger partial charge < -0.3 is 14.5 Å². The first-order chi connectivity index (χ1) is 9.75. The van der Waals surface area contributed by atoms with E-state index in [1.54, 1.807) is 4.90 Å². The smallest absolute Gasteiger partial charge is 0.251 e. The van der Waals surface area contributed by atoms with Crippen LogP contribution in [0.2, 0.25) is 0 Å². The number of halogens is 1. The van der Waals surface area contributed by atoms with Crippen LogP contribution in [0.3, 0.4) is 0 Å². The third-order valence-corrected chi connectivity index (χ3v) is 3.74. The second-order valence-corrected chi connectivity index (χ2v) is 5.01. The lowest BCUT2D eigenvalue weighted by Crippen LogP contribution is -2.51. The summed E-state index contributed by atoms with van der Waals surface area (Å²) in [5.41, 5.74) is 0. The summed E-state index contributed by atoms with van der Waals surface area (Å²) in [6.07, 6.45) is 3.97. The number of rotatable bonds is 2. The number of carbonyl (C=O) groups excluding carboxylic acids is 1. The molecule has 0 N–H and O–H groups in total. The largest absolute Gasteiger partial charge is 0.368 e. The quantitative estimate of drug-likeness (QED) is 0.787. The third kappa shape index (κ3) is 2.58. The van der Waals surface area contributed by atoms with Crippen LogP contribution < -0.4 is 4.90 Å². The topological polar surface area (TPSA) is 58.6 Å². The fraction of sp³-hybridized carbons (Fsp3) is 0.615.